The van der Waals surface area contributed by atoms with Crippen LogP contribution in [-0.2, 0) is 11.2 Å². The molecular weight excluding hydrogens is 238 g/mol. The molecule has 19 heavy (non-hydrogen) atoms. The van der Waals surface area contributed by atoms with Crippen LogP contribution in [0.4, 0.5) is 0 Å². The van der Waals surface area contributed by atoms with E-state index in [-0.39, 0.29) is 5.91 Å². The van der Waals surface area contributed by atoms with Gasteiger partial charge < -0.3 is 15.5 Å². The van der Waals surface area contributed by atoms with Crippen molar-refractivity contribution >= 4 is 5.91 Å². The summed E-state index contributed by atoms with van der Waals surface area (Å²) in [4.78, 5) is 16.4. The Kier molecular flexibility index (Phi) is 4.56. The number of amides is 1. The van der Waals surface area contributed by atoms with Crippen LogP contribution in [0.25, 0.3) is 0 Å². The summed E-state index contributed by atoms with van der Waals surface area (Å²) >= 11 is 0. The number of nitrogens with two attached hydrogens (primary N) is 1. The van der Waals surface area contributed by atoms with Crippen molar-refractivity contribution < 1.29 is 4.79 Å². The highest BCUT2D eigenvalue weighted by molar-refractivity contribution is 5.82. The van der Waals surface area contributed by atoms with Crippen LogP contribution in [0.1, 0.15) is 12.0 Å². The lowest BCUT2D eigenvalue weighted by Crippen LogP contribution is -2.45. The van der Waals surface area contributed by atoms with Crippen LogP contribution in [-0.4, -0.2) is 55.0 Å². The maximum absolute atomic E-state index is 12.3. The van der Waals surface area contributed by atoms with Gasteiger partial charge in [0, 0.05) is 19.1 Å². The summed E-state index contributed by atoms with van der Waals surface area (Å²) in [5.74, 6) is 0.0770. The van der Waals surface area contributed by atoms with Gasteiger partial charge in [0.05, 0.1) is 6.04 Å². The molecule has 2 atom stereocenters. The van der Waals surface area contributed by atoms with Gasteiger partial charge in [-0.15, -0.1) is 0 Å². The van der Waals surface area contributed by atoms with Crippen molar-refractivity contribution in [3.8, 4) is 0 Å². The van der Waals surface area contributed by atoms with Crippen molar-refractivity contribution in [2.24, 2.45) is 5.73 Å². The zero-order valence-electron chi connectivity index (χ0n) is 11.7. The number of likely N-dealkylation sites (tertiary alicyclic amines) is 1. The molecular formula is C15H23N3O. The van der Waals surface area contributed by atoms with Crippen LogP contribution >= 0.6 is 0 Å². The smallest absolute Gasteiger partial charge is 0.239 e. The van der Waals surface area contributed by atoms with Gasteiger partial charge in [0.2, 0.25) is 5.91 Å². The minimum absolute atomic E-state index is 0.0770. The van der Waals surface area contributed by atoms with Gasteiger partial charge in [-0.3, -0.25) is 4.79 Å². The van der Waals surface area contributed by atoms with Crippen molar-refractivity contribution in [3.05, 3.63) is 35.9 Å². The largest absolute Gasteiger partial charge is 0.340 e. The summed E-state index contributed by atoms with van der Waals surface area (Å²) in [6.07, 6.45) is 1.65. The molecule has 1 aliphatic heterocycles. The van der Waals surface area contributed by atoms with Crippen molar-refractivity contribution in [2.75, 3.05) is 27.2 Å². The lowest BCUT2D eigenvalue weighted by Gasteiger charge is -2.23. The Labute approximate surface area is 115 Å². The molecule has 0 saturated carbocycles. The van der Waals surface area contributed by atoms with Gasteiger partial charge in [-0.1, -0.05) is 30.3 Å². The Hall–Kier alpha value is -1.39. The summed E-state index contributed by atoms with van der Waals surface area (Å²) in [5.41, 5.74) is 7.16. The molecule has 0 aromatic heterocycles. The molecule has 0 bridgehead atoms. The highest BCUT2D eigenvalue weighted by atomic mass is 16.2. The Balaban J connectivity index is 1.90. The quantitative estimate of drug-likeness (QED) is 0.869. The summed E-state index contributed by atoms with van der Waals surface area (Å²) in [6, 6.07) is 9.99. The maximum Gasteiger partial charge on any atom is 0.239 e. The lowest BCUT2D eigenvalue weighted by atomic mass is 10.1. The summed E-state index contributed by atoms with van der Waals surface area (Å²) in [6.45, 7) is 1.62. The predicted molar refractivity (Wildman–Crippen MR) is 76.8 cm³/mol. The van der Waals surface area contributed by atoms with Crippen LogP contribution in [0.15, 0.2) is 30.3 Å². The number of rotatable bonds is 4. The molecule has 4 heteroatoms. The molecule has 1 saturated heterocycles. The molecule has 1 aliphatic rings. The highest BCUT2D eigenvalue weighted by Gasteiger charge is 2.30. The lowest BCUT2D eigenvalue weighted by molar-refractivity contribution is -0.131. The third kappa shape index (κ3) is 3.55. The van der Waals surface area contributed by atoms with Crippen molar-refractivity contribution in [2.45, 2.75) is 24.9 Å². The number of likely N-dealkylation sites (N-methyl/N-ethyl adjacent to an activating group) is 1. The molecule has 1 aromatic rings. The van der Waals surface area contributed by atoms with Gasteiger partial charge in [-0.2, -0.15) is 0 Å². The van der Waals surface area contributed by atoms with Gasteiger partial charge in [0.25, 0.3) is 0 Å². The first-order valence-electron chi connectivity index (χ1n) is 6.82. The van der Waals surface area contributed by atoms with Crippen molar-refractivity contribution in [1.29, 1.82) is 0 Å². The van der Waals surface area contributed by atoms with E-state index in [1.807, 2.05) is 35.2 Å². The highest BCUT2D eigenvalue weighted by Crippen LogP contribution is 2.15. The van der Waals surface area contributed by atoms with Crippen LogP contribution in [0.5, 0.6) is 0 Å². The molecule has 2 rings (SSSR count). The number of benzene rings is 1. The van der Waals surface area contributed by atoms with E-state index in [1.54, 1.807) is 0 Å². The minimum atomic E-state index is -0.427. The Morgan fingerprint density at radius 3 is 2.68 bits per heavy atom. The number of nitrogens with zero attached hydrogens (tertiary/aromatic N) is 2. The molecule has 0 radical (unpaired) electrons. The second-order valence-corrected chi connectivity index (χ2v) is 5.49. The molecule has 0 aliphatic carbocycles. The van der Waals surface area contributed by atoms with Crippen LogP contribution in [0.2, 0.25) is 0 Å². The molecule has 104 valence electrons. The molecule has 0 spiro atoms. The summed E-state index contributed by atoms with van der Waals surface area (Å²) < 4.78 is 0. The summed E-state index contributed by atoms with van der Waals surface area (Å²) in [5, 5.41) is 0. The average molecular weight is 261 g/mol. The maximum atomic E-state index is 12.3. The number of carbonyl (C=O) groups excluding carboxylic acids is 1. The average Bonchev–Trinajstić information content (AvgIpc) is 2.88. The molecule has 1 heterocycles. The van der Waals surface area contributed by atoms with Gasteiger partial charge in [0.1, 0.15) is 0 Å². The van der Waals surface area contributed by atoms with Gasteiger partial charge >= 0.3 is 0 Å². The Bertz CT molecular complexity index is 419. The van der Waals surface area contributed by atoms with Crippen LogP contribution < -0.4 is 5.73 Å². The van der Waals surface area contributed by atoms with Crippen molar-refractivity contribution in [3.63, 3.8) is 0 Å². The third-order valence-electron chi connectivity index (χ3n) is 3.82. The number of carbonyl (C=O) groups is 1. The van der Waals surface area contributed by atoms with Gasteiger partial charge in [-0.05, 0) is 32.5 Å². The first-order valence-corrected chi connectivity index (χ1v) is 6.82. The number of hydrogen-bond acceptors (Lipinski definition) is 3. The van der Waals surface area contributed by atoms with E-state index in [2.05, 4.69) is 19.0 Å². The Morgan fingerprint density at radius 1 is 1.42 bits per heavy atom. The fraction of sp³-hybridized carbons (Fsp3) is 0.533. The third-order valence-corrected chi connectivity index (χ3v) is 3.82. The van der Waals surface area contributed by atoms with Gasteiger partial charge in [-0.25, -0.2) is 0 Å². The van der Waals surface area contributed by atoms with E-state index in [0.29, 0.717) is 12.5 Å². The monoisotopic (exact) mass is 261 g/mol. The van der Waals surface area contributed by atoms with E-state index in [4.69, 9.17) is 5.73 Å². The summed E-state index contributed by atoms with van der Waals surface area (Å²) in [7, 11) is 4.12. The van der Waals surface area contributed by atoms with Crippen LogP contribution in [0, 0.1) is 0 Å². The van der Waals surface area contributed by atoms with E-state index in [0.717, 1.165) is 25.1 Å². The standard InChI is InChI=1S/C15H23N3O/c1-17(2)13-8-9-18(11-13)15(19)14(16)10-12-6-4-3-5-7-12/h3-7,13-14H,8-11,16H2,1-2H3/t13-,14+/m1/s1. The second-order valence-electron chi connectivity index (χ2n) is 5.49. The predicted octanol–water partition coefficient (Wildman–Crippen LogP) is 0.719. The van der Waals surface area contributed by atoms with Gasteiger partial charge in [0.15, 0.2) is 0 Å². The molecule has 4 nitrogen and oxygen atoms in total. The minimum Gasteiger partial charge on any atom is -0.340 e. The van der Waals surface area contributed by atoms with E-state index < -0.39 is 6.04 Å². The molecule has 1 amide bonds. The normalized spacial score (nSPS) is 20.8. The fourth-order valence-corrected chi connectivity index (χ4v) is 2.55. The first-order chi connectivity index (χ1) is 9.08. The second kappa shape index (κ2) is 6.17. The molecule has 0 unspecified atom stereocenters. The fourth-order valence-electron chi connectivity index (χ4n) is 2.55. The van der Waals surface area contributed by atoms with E-state index in [9.17, 15) is 4.79 Å². The zero-order chi connectivity index (χ0) is 13.8. The van der Waals surface area contributed by atoms with E-state index >= 15 is 0 Å². The zero-order valence-corrected chi connectivity index (χ0v) is 11.7. The topological polar surface area (TPSA) is 49.6 Å². The molecule has 1 fully saturated rings. The number of hydrogen-bond donors (Lipinski definition) is 1. The molecule has 1 aromatic carbocycles. The van der Waals surface area contributed by atoms with Crippen LogP contribution in [0.3, 0.4) is 0 Å². The molecule has 2 N–H and O–H groups in total. The van der Waals surface area contributed by atoms with E-state index in [1.165, 1.54) is 0 Å². The SMILES string of the molecule is CN(C)[C@@H]1CCN(C(=O)[C@@H](N)Cc2ccccc2)C1. The first kappa shape index (κ1) is 14.0. The Morgan fingerprint density at radius 2 is 2.11 bits per heavy atom. The van der Waals surface area contributed by atoms with Crippen molar-refractivity contribution in [1.82, 2.24) is 9.80 Å².